The molecule has 0 spiro atoms. The predicted molar refractivity (Wildman–Crippen MR) is 130 cm³/mol. The van der Waals surface area contributed by atoms with Crippen LogP contribution in [-0.4, -0.2) is 47.6 Å². The molecule has 1 fully saturated rings. The summed E-state index contributed by atoms with van der Waals surface area (Å²) in [6, 6.07) is 17.9. The lowest BCUT2D eigenvalue weighted by atomic mass is 10.1. The van der Waals surface area contributed by atoms with E-state index in [4.69, 9.17) is 21.4 Å². The molecule has 1 saturated heterocycles. The second-order valence-corrected chi connectivity index (χ2v) is 8.94. The maximum Gasteiger partial charge on any atom is 0.232 e. The molecule has 4 rings (SSSR count). The van der Waals surface area contributed by atoms with Crippen LogP contribution >= 0.6 is 11.8 Å². The van der Waals surface area contributed by atoms with Gasteiger partial charge in [-0.2, -0.15) is 10.2 Å². The molecule has 33 heavy (non-hydrogen) atoms. The zero-order chi connectivity index (χ0) is 23.0. The Hall–Kier alpha value is -3.52. The number of rotatable bonds is 7. The standard InChI is InChI=1S/C26H25N5OS/c1-3-11-30-12-14-31(15-13-30)26-28-18-24(33-23-9-7-21(17-27)8-10-23)25(29-26)32-19-22-6-4-5-20(2)16-22/h1,4-10,16,18H,11-15,19H2,2H3. The van der Waals surface area contributed by atoms with E-state index < -0.39 is 0 Å². The van der Waals surface area contributed by atoms with Gasteiger partial charge in [0.05, 0.1) is 29.3 Å². The molecular formula is C26H25N5OS. The van der Waals surface area contributed by atoms with Gasteiger partial charge in [-0.15, -0.1) is 6.42 Å². The molecule has 1 aromatic heterocycles. The number of benzene rings is 2. The minimum atomic E-state index is 0.426. The summed E-state index contributed by atoms with van der Waals surface area (Å²) >= 11 is 1.53. The van der Waals surface area contributed by atoms with Gasteiger partial charge in [0.2, 0.25) is 11.8 Å². The number of piperazine rings is 1. The minimum Gasteiger partial charge on any atom is -0.472 e. The average Bonchev–Trinajstić information content (AvgIpc) is 2.85. The number of hydrogen-bond acceptors (Lipinski definition) is 7. The summed E-state index contributed by atoms with van der Waals surface area (Å²) in [6.45, 7) is 6.57. The first kappa shape index (κ1) is 22.7. The van der Waals surface area contributed by atoms with Gasteiger partial charge in [-0.3, -0.25) is 4.90 Å². The van der Waals surface area contributed by atoms with Crippen molar-refractivity contribution in [3.8, 4) is 24.3 Å². The fraction of sp³-hybridized carbons (Fsp3) is 0.269. The molecule has 7 heteroatoms. The van der Waals surface area contributed by atoms with Gasteiger partial charge in [-0.25, -0.2) is 4.98 Å². The second kappa shape index (κ2) is 10.9. The Bertz CT molecular complexity index is 1170. The van der Waals surface area contributed by atoms with Crippen LogP contribution in [0.15, 0.2) is 64.5 Å². The smallest absolute Gasteiger partial charge is 0.232 e. The topological polar surface area (TPSA) is 65.3 Å². The van der Waals surface area contributed by atoms with Crippen LogP contribution in [0.3, 0.4) is 0 Å². The number of aromatic nitrogens is 2. The Kier molecular flexibility index (Phi) is 7.47. The summed E-state index contributed by atoms with van der Waals surface area (Å²) in [5.74, 6) is 3.93. The molecule has 0 atom stereocenters. The van der Waals surface area contributed by atoms with Crippen LogP contribution in [0, 0.1) is 30.6 Å². The highest BCUT2D eigenvalue weighted by Crippen LogP contribution is 2.35. The van der Waals surface area contributed by atoms with Crippen molar-refractivity contribution in [3.05, 3.63) is 71.4 Å². The first-order chi connectivity index (χ1) is 16.1. The molecule has 6 nitrogen and oxygen atoms in total. The van der Waals surface area contributed by atoms with Crippen LogP contribution in [0.1, 0.15) is 16.7 Å². The van der Waals surface area contributed by atoms with Crippen molar-refractivity contribution in [2.45, 2.75) is 23.3 Å². The van der Waals surface area contributed by atoms with Crippen LogP contribution in [0.5, 0.6) is 5.88 Å². The van der Waals surface area contributed by atoms with E-state index in [1.807, 2.05) is 30.5 Å². The molecule has 0 aliphatic carbocycles. The third-order valence-corrected chi connectivity index (χ3v) is 6.36. The van der Waals surface area contributed by atoms with Crippen molar-refractivity contribution in [2.75, 3.05) is 37.6 Å². The summed E-state index contributed by atoms with van der Waals surface area (Å²) in [4.78, 5) is 15.7. The van der Waals surface area contributed by atoms with Crippen molar-refractivity contribution in [3.63, 3.8) is 0 Å². The van der Waals surface area contributed by atoms with Crippen LogP contribution < -0.4 is 9.64 Å². The number of terminal acetylenes is 1. The monoisotopic (exact) mass is 455 g/mol. The summed E-state index contributed by atoms with van der Waals surface area (Å²) in [6.07, 6.45) is 7.27. The Morgan fingerprint density at radius 1 is 1.12 bits per heavy atom. The molecule has 3 aromatic rings. The molecule has 1 aliphatic heterocycles. The van der Waals surface area contributed by atoms with E-state index in [2.05, 4.69) is 45.8 Å². The van der Waals surface area contributed by atoms with E-state index in [0.29, 0.717) is 30.5 Å². The van der Waals surface area contributed by atoms with Gasteiger partial charge in [-0.1, -0.05) is 47.5 Å². The number of nitriles is 1. The lowest BCUT2D eigenvalue weighted by Crippen LogP contribution is -2.47. The van der Waals surface area contributed by atoms with Gasteiger partial charge >= 0.3 is 0 Å². The molecule has 0 amide bonds. The third kappa shape index (κ3) is 6.04. The van der Waals surface area contributed by atoms with E-state index in [9.17, 15) is 0 Å². The Balaban J connectivity index is 1.55. The third-order valence-electron chi connectivity index (χ3n) is 5.35. The Morgan fingerprint density at radius 3 is 2.61 bits per heavy atom. The van der Waals surface area contributed by atoms with Crippen LogP contribution in [-0.2, 0) is 6.61 Å². The largest absolute Gasteiger partial charge is 0.472 e. The highest BCUT2D eigenvalue weighted by Gasteiger charge is 2.20. The highest BCUT2D eigenvalue weighted by molar-refractivity contribution is 7.99. The van der Waals surface area contributed by atoms with Crippen molar-refractivity contribution < 1.29 is 4.74 Å². The van der Waals surface area contributed by atoms with Gasteiger partial charge in [-0.05, 0) is 36.8 Å². The molecule has 0 N–H and O–H groups in total. The van der Waals surface area contributed by atoms with Crippen molar-refractivity contribution >= 4 is 17.7 Å². The molecule has 0 radical (unpaired) electrons. The quantitative estimate of drug-likeness (QED) is 0.496. The molecule has 166 valence electrons. The Morgan fingerprint density at radius 2 is 1.91 bits per heavy atom. The Labute approximate surface area is 199 Å². The number of nitrogens with zero attached hydrogens (tertiary/aromatic N) is 5. The zero-order valence-corrected chi connectivity index (χ0v) is 19.4. The lowest BCUT2D eigenvalue weighted by Gasteiger charge is -2.33. The molecular weight excluding hydrogens is 430 g/mol. The van der Waals surface area contributed by atoms with Gasteiger partial charge in [0.1, 0.15) is 6.61 Å². The first-order valence-corrected chi connectivity index (χ1v) is 11.6. The van der Waals surface area contributed by atoms with Crippen LogP contribution in [0.25, 0.3) is 0 Å². The molecule has 0 bridgehead atoms. The summed E-state index contributed by atoms with van der Waals surface area (Å²) in [7, 11) is 0. The highest BCUT2D eigenvalue weighted by atomic mass is 32.2. The van der Waals surface area contributed by atoms with Crippen LogP contribution in [0.2, 0.25) is 0 Å². The van der Waals surface area contributed by atoms with Gasteiger partial charge in [0.25, 0.3) is 0 Å². The van der Waals surface area contributed by atoms with Crippen molar-refractivity contribution in [2.24, 2.45) is 0 Å². The molecule has 2 heterocycles. The predicted octanol–water partition coefficient (Wildman–Crippen LogP) is 4.14. The van der Waals surface area contributed by atoms with Crippen LogP contribution in [0.4, 0.5) is 5.95 Å². The molecule has 0 unspecified atom stereocenters. The number of ether oxygens (including phenoxy) is 1. The molecule has 1 aliphatic rings. The van der Waals surface area contributed by atoms with E-state index in [0.717, 1.165) is 41.5 Å². The number of anilines is 1. The molecule has 0 saturated carbocycles. The van der Waals surface area contributed by atoms with E-state index in [1.165, 1.54) is 17.3 Å². The first-order valence-electron chi connectivity index (χ1n) is 10.8. The number of aryl methyl sites for hydroxylation is 1. The number of hydrogen-bond donors (Lipinski definition) is 0. The maximum atomic E-state index is 9.05. The fourth-order valence-corrected chi connectivity index (χ4v) is 4.41. The summed E-state index contributed by atoms with van der Waals surface area (Å²) in [5, 5.41) is 9.05. The van der Waals surface area contributed by atoms with Gasteiger partial charge in [0.15, 0.2) is 0 Å². The second-order valence-electron chi connectivity index (χ2n) is 7.82. The summed E-state index contributed by atoms with van der Waals surface area (Å²) in [5.41, 5.74) is 2.91. The average molecular weight is 456 g/mol. The minimum absolute atomic E-state index is 0.426. The normalized spacial score (nSPS) is 13.8. The van der Waals surface area contributed by atoms with E-state index in [1.54, 1.807) is 12.1 Å². The SMILES string of the molecule is C#CCN1CCN(c2ncc(Sc3ccc(C#N)cc3)c(OCc3cccc(C)c3)n2)CC1. The lowest BCUT2D eigenvalue weighted by molar-refractivity contribution is 0.278. The zero-order valence-electron chi connectivity index (χ0n) is 18.6. The van der Waals surface area contributed by atoms with E-state index in [-0.39, 0.29) is 0 Å². The fourth-order valence-electron chi connectivity index (χ4n) is 3.59. The summed E-state index contributed by atoms with van der Waals surface area (Å²) < 4.78 is 6.20. The molecule has 2 aromatic carbocycles. The van der Waals surface area contributed by atoms with Gasteiger partial charge in [0, 0.05) is 31.1 Å². The van der Waals surface area contributed by atoms with E-state index >= 15 is 0 Å². The maximum absolute atomic E-state index is 9.05. The van der Waals surface area contributed by atoms with Crippen molar-refractivity contribution in [1.82, 2.24) is 14.9 Å². The van der Waals surface area contributed by atoms with Gasteiger partial charge < -0.3 is 9.64 Å². The van der Waals surface area contributed by atoms with Crippen molar-refractivity contribution in [1.29, 1.82) is 5.26 Å².